The average Bonchev–Trinajstić information content (AvgIpc) is 2.72. The zero-order valence-electron chi connectivity index (χ0n) is 13.3. The van der Waals surface area contributed by atoms with E-state index >= 15 is 0 Å². The van der Waals surface area contributed by atoms with Crippen molar-refractivity contribution in [2.75, 3.05) is 32.7 Å². The number of nitrogens with zero attached hydrogens (tertiary/aromatic N) is 2. The summed E-state index contributed by atoms with van der Waals surface area (Å²) in [6.45, 7) is 4.59. The van der Waals surface area contributed by atoms with Gasteiger partial charge in [0.1, 0.15) is 0 Å². The number of rotatable bonds is 5. The number of benzene rings is 1. The molecule has 0 saturated carbocycles. The highest BCUT2D eigenvalue weighted by Gasteiger charge is 2.30. The molecule has 2 rings (SSSR count). The Morgan fingerprint density at radius 3 is 2.33 bits per heavy atom. The highest BCUT2D eigenvalue weighted by atomic mass is 19.4. The van der Waals surface area contributed by atoms with Gasteiger partial charge in [-0.3, -0.25) is 9.80 Å². The van der Waals surface area contributed by atoms with E-state index in [0.29, 0.717) is 13.1 Å². The molecule has 1 aliphatic rings. The van der Waals surface area contributed by atoms with Crippen LogP contribution in [0.2, 0.25) is 0 Å². The number of alkyl halides is 3. The van der Waals surface area contributed by atoms with Crippen LogP contribution in [0.25, 0.3) is 0 Å². The molecule has 132 valence electrons. The lowest BCUT2D eigenvalue weighted by atomic mass is 10.1. The lowest BCUT2D eigenvalue weighted by Crippen LogP contribution is -2.30. The molecule has 0 radical (unpaired) electrons. The fourth-order valence-corrected chi connectivity index (χ4v) is 2.72. The van der Waals surface area contributed by atoms with Gasteiger partial charge in [0.25, 0.3) is 0 Å². The standard InChI is InChI=1S/C17H21F3N2O2/c18-17(19,20)15-6-4-14(5-7-15)13-22-10-2-9-21(11-12-22)8-1-3-16(23)24/h1,3-7H,2,8-13H2,(H,23,24). The molecular weight excluding hydrogens is 321 g/mol. The van der Waals surface area contributed by atoms with E-state index in [9.17, 15) is 18.0 Å². The summed E-state index contributed by atoms with van der Waals surface area (Å²) in [5, 5.41) is 8.59. The highest BCUT2D eigenvalue weighted by molar-refractivity contribution is 5.79. The summed E-state index contributed by atoms with van der Waals surface area (Å²) in [6.07, 6.45) is -0.578. The summed E-state index contributed by atoms with van der Waals surface area (Å²) in [5.74, 6) is -0.950. The Hall–Kier alpha value is -1.86. The minimum absolute atomic E-state index is 0.598. The van der Waals surface area contributed by atoms with Crippen molar-refractivity contribution >= 4 is 5.97 Å². The first-order valence-electron chi connectivity index (χ1n) is 7.85. The predicted octanol–water partition coefficient (Wildman–Crippen LogP) is 2.85. The average molecular weight is 342 g/mol. The fourth-order valence-electron chi connectivity index (χ4n) is 2.72. The zero-order chi connectivity index (χ0) is 17.6. The Kier molecular flexibility index (Phi) is 6.39. The molecule has 1 fully saturated rings. The summed E-state index contributed by atoms with van der Waals surface area (Å²) < 4.78 is 37.7. The van der Waals surface area contributed by atoms with E-state index in [2.05, 4.69) is 9.80 Å². The molecule has 0 atom stereocenters. The maximum Gasteiger partial charge on any atom is 0.416 e. The molecule has 0 amide bonds. The summed E-state index contributed by atoms with van der Waals surface area (Å²) in [7, 11) is 0. The fraction of sp³-hybridized carbons (Fsp3) is 0.471. The van der Waals surface area contributed by atoms with Crippen LogP contribution in [-0.4, -0.2) is 53.6 Å². The number of carbonyl (C=O) groups is 1. The van der Waals surface area contributed by atoms with E-state index in [-0.39, 0.29) is 0 Å². The molecule has 0 aromatic heterocycles. The van der Waals surface area contributed by atoms with Gasteiger partial charge in [-0.1, -0.05) is 18.2 Å². The molecule has 0 aliphatic carbocycles. The summed E-state index contributed by atoms with van der Waals surface area (Å²) in [5.41, 5.74) is 0.237. The van der Waals surface area contributed by atoms with E-state index in [1.54, 1.807) is 6.08 Å². The molecule has 24 heavy (non-hydrogen) atoms. The number of carboxylic acids is 1. The molecule has 1 heterocycles. The normalized spacial score (nSPS) is 18.0. The largest absolute Gasteiger partial charge is 0.478 e. The third-order valence-corrected chi connectivity index (χ3v) is 3.99. The molecule has 0 spiro atoms. The molecule has 0 unspecified atom stereocenters. The number of aliphatic carboxylic acids is 1. The smallest absolute Gasteiger partial charge is 0.416 e. The van der Waals surface area contributed by atoms with Crippen molar-refractivity contribution in [2.45, 2.75) is 19.1 Å². The minimum atomic E-state index is -4.30. The van der Waals surface area contributed by atoms with Crippen molar-refractivity contribution in [3.63, 3.8) is 0 Å². The van der Waals surface area contributed by atoms with E-state index in [4.69, 9.17) is 5.11 Å². The Bertz CT molecular complexity index is 570. The van der Waals surface area contributed by atoms with Crippen LogP contribution in [0.3, 0.4) is 0 Å². The van der Waals surface area contributed by atoms with Crippen LogP contribution >= 0.6 is 0 Å². The maximum absolute atomic E-state index is 12.6. The second-order valence-corrected chi connectivity index (χ2v) is 5.87. The van der Waals surface area contributed by atoms with Crippen LogP contribution in [0.5, 0.6) is 0 Å². The molecule has 0 bridgehead atoms. The van der Waals surface area contributed by atoms with Crippen LogP contribution in [0.4, 0.5) is 13.2 Å². The van der Waals surface area contributed by atoms with Gasteiger partial charge in [0.2, 0.25) is 0 Å². The Morgan fingerprint density at radius 2 is 1.71 bits per heavy atom. The molecule has 4 nitrogen and oxygen atoms in total. The first kappa shape index (κ1) is 18.5. The van der Waals surface area contributed by atoms with Gasteiger partial charge in [-0.15, -0.1) is 0 Å². The molecule has 1 aromatic rings. The van der Waals surface area contributed by atoms with Crippen LogP contribution in [0.1, 0.15) is 17.5 Å². The van der Waals surface area contributed by atoms with Gasteiger partial charge >= 0.3 is 12.1 Å². The van der Waals surface area contributed by atoms with Crippen LogP contribution in [0, 0.1) is 0 Å². The Balaban J connectivity index is 1.85. The topological polar surface area (TPSA) is 43.8 Å². The van der Waals surface area contributed by atoms with Crippen molar-refractivity contribution in [3.05, 3.63) is 47.5 Å². The Morgan fingerprint density at radius 1 is 1.08 bits per heavy atom. The van der Waals surface area contributed by atoms with Crippen LogP contribution in [-0.2, 0) is 17.5 Å². The monoisotopic (exact) mass is 342 g/mol. The first-order chi connectivity index (χ1) is 11.3. The second kappa shape index (κ2) is 8.30. The molecule has 7 heteroatoms. The van der Waals surface area contributed by atoms with Crippen molar-refractivity contribution in [1.29, 1.82) is 0 Å². The summed E-state index contributed by atoms with van der Waals surface area (Å²) in [4.78, 5) is 14.9. The quantitative estimate of drug-likeness (QED) is 0.836. The summed E-state index contributed by atoms with van der Waals surface area (Å²) >= 11 is 0. The Labute approximate surface area is 139 Å². The van der Waals surface area contributed by atoms with E-state index in [0.717, 1.165) is 56.4 Å². The lowest BCUT2D eigenvalue weighted by molar-refractivity contribution is -0.137. The van der Waals surface area contributed by atoms with Crippen molar-refractivity contribution < 1.29 is 23.1 Å². The van der Waals surface area contributed by atoms with Crippen molar-refractivity contribution in [3.8, 4) is 0 Å². The zero-order valence-corrected chi connectivity index (χ0v) is 13.3. The third-order valence-electron chi connectivity index (χ3n) is 3.99. The predicted molar refractivity (Wildman–Crippen MR) is 84.6 cm³/mol. The van der Waals surface area contributed by atoms with E-state index in [1.165, 1.54) is 12.1 Å². The van der Waals surface area contributed by atoms with Gasteiger partial charge in [-0.2, -0.15) is 13.2 Å². The van der Waals surface area contributed by atoms with Gasteiger partial charge in [0.05, 0.1) is 5.56 Å². The minimum Gasteiger partial charge on any atom is -0.478 e. The SMILES string of the molecule is O=C(O)C=CCN1CCCN(Cc2ccc(C(F)(F)F)cc2)CC1. The number of carboxylic acid groups (broad SMARTS) is 1. The maximum atomic E-state index is 12.6. The van der Waals surface area contributed by atoms with Crippen molar-refractivity contribution in [2.24, 2.45) is 0 Å². The van der Waals surface area contributed by atoms with E-state index in [1.807, 2.05) is 0 Å². The van der Waals surface area contributed by atoms with Gasteiger partial charge in [0, 0.05) is 32.3 Å². The van der Waals surface area contributed by atoms with Crippen LogP contribution in [0.15, 0.2) is 36.4 Å². The molecule has 1 aromatic carbocycles. The molecule has 1 saturated heterocycles. The lowest BCUT2D eigenvalue weighted by Gasteiger charge is -2.21. The highest BCUT2D eigenvalue weighted by Crippen LogP contribution is 2.29. The van der Waals surface area contributed by atoms with Crippen molar-refractivity contribution in [1.82, 2.24) is 9.80 Å². The van der Waals surface area contributed by atoms with Crippen LogP contribution < -0.4 is 0 Å². The molecular formula is C17H21F3N2O2. The second-order valence-electron chi connectivity index (χ2n) is 5.87. The first-order valence-corrected chi connectivity index (χ1v) is 7.85. The number of halogens is 3. The van der Waals surface area contributed by atoms with Gasteiger partial charge in [0.15, 0.2) is 0 Å². The molecule has 1 N–H and O–H groups in total. The summed E-state index contributed by atoms with van der Waals surface area (Å²) in [6, 6.07) is 5.30. The third kappa shape index (κ3) is 5.98. The number of hydrogen-bond donors (Lipinski definition) is 1. The number of hydrogen-bond acceptors (Lipinski definition) is 3. The molecule has 1 aliphatic heterocycles. The van der Waals surface area contributed by atoms with E-state index < -0.39 is 17.7 Å². The van der Waals surface area contributed by atoms with Gasteiger partial charge < -0.3 is 5.11 Å². The van der Waals surface area contributed by atoms with Gasteiger partial charge in [-0.25, -0.2) is 4.79 Å². The van der Waals surface area contributed by atoms with Gasteiger partial charge in [-0.05, 0) is 37.2 Å².